The van der Waals surface area contributed by atoms with Gasteiger partial charge in [0.15, 0.2) is 11.5 Å². The van der Waals surface area contributed by atoms with Crippen LogP contribution in [0.4, 0.5) is 5.69 Å². The highest BCUT2D eigenvalue weighted by Gasteiger charge is 2.20. The maximum Gasteiger partial charge on any atom is 0.238 e. The van der Waals surface area contributed by atoms with Crippen molar-refractivity contribution in [2.45, 2.75) is 27.3 Å². The number of nitrogens with zero attached hydrogens (tertiary/aromatic N) is 2. The van der Waals surface area contributed by atoms with Crippen molar-refractivity contribution in [2.24, 2.45) is 0 Å². The van der Waals surface area contributed by atoms with Crippen LogP contribution in [0.1, 0.15) is 22.3 Å². The quantitative estimate of drug-likeness (QED) is 0.757. The highest BCUT2D eigenvalue weighted by Crippen LogP contribution is 2.31. The summed E-state index contributed by atoms with van der Waals surface area (Å²) in [5.74, 6) is 1.58. The van der Waals surface area contributed by atoms with E-state index in [1.165, 1.54) is 11.1 Å². The highest BCUT2D eigenvalue weighted by atomic mass is 16.5. The fraction of sp³-hybridized carbons (Fsp3) is 0.458. The van der Waals surface area contributed by atoms with Crippen LogP contribution < -0.4 is 14.8 Å². The molecule has 1 saturated heterocycles. The van der Waals surface area contributed by atoms with Gasteiger partial charge in [-0.15, -0.1) is 0 Å². The molecule has 0 atom stereocenters. The van der Waals surface area contributed by atoms with E-state index in [0.717, 1.165) is 61.0 Å². The first-order valence-electron chi connectivity index (χ1n) is 10.4. The minimum atomic E-state index is 0.0490. The molecule has 2 aromatic rings. The first kappa shape index (κ1) is 22.1. The molecular formula is C24H33N3O3. The number of methoxy groups -OCH3 is 2. The third-order valence-corrected chi connectivity index (χ3v) is 5.74. The van der Waals surface area contributed by atoms with Gasteiger partial charge in [-0.1, -0.05) is 12.1 Å². The van der Waals surface area contributed by atoms with Crippen molar-refractivity contribution in [1.29, 1.82) is 0 Å². The number of carbonyl (C=O) groups is 1. The Balaban J connectivity index is 1.51. The summed E-state index contributed by atoms with van der Waals surface area (Å²) in [5.41, 5.74) is 5.58. The third-order valence-electron chi connectivity index (χ3n) is 5.74. The molecule has 162 valence electrons. The smallest absolute Gasteiger partial charge is 0.238 e. The van der Waals surface area contributed by atoms with Crippen LogP contribution in [0.15, 0.2) is 30.3 Å². The largest absolute Gasteiger partial charge is 0.493 e. The zero-order valence-corrected chi connectivity index (χ0v) is 18.7. The summed E-state index contributed by atoms with van der Waals surface area (Å²) >= 11 is 0. The lowest BCUT2D eigenvalue weighted by molar-refractivity contribution is -0.117. The average molecular weight is 412 g/mol. The number of benzene rings is 2. The molecule has 0 aromatic heterocycles. The molecule has 30 heavy (non-hydrogen) atoms. The van der Waals surface area contributed by atoms with E-state index in [1.807, 2.05) is 32.0 Å². The van der Waals surface area contributed by atoms with Gasteiger partial charge in [0.2, 0.25) is 5.91 Å². The Morgan fingerprint density at radius 1 is 0.900 bits per heavy atom. The highest BCUT2D eigenvalue weighted by molar-refractivity contribution is 5.93. The van der Waals surface area contributed by atoms with Crippen LogP contribution >= 0.6 is 0 Å². The molecule has 0 spiro atoms. The number of anilines is 1. The Labute approximate surface area is 179 Å². The van der Waals surface area contributed by atoms with E-state index in [2.05, 4.69) is 34.2 Å². The normalized spacial score (nSPS) is 15.1. The van der Waals surface area contributed by atoms with Gasteiger partial charge in [0, 0.05) is 38.4 Å². The molecule has 0 aliphatic carbocycles. The summed E-state index contributed by atoms with van der Waals surface area (Å²) in [7, 11) is 3.33. The van der Waals surface area contributed by atoms with E-state index >= 15 is 0 Å². The molecule has 1 fully saturated rings. The van der Waals surface area contributed by atoms with Gasteiger partial charge in [0.05, 0.1) is 20.8 Å². The predicted octanol–water partition coefficient (Wildman–Crippen LogP) is 3.39. The molecule has 0 unspecified atom stereocenters. The average Bonchev–Trinajstić information content (AvgIpc) is 2.73. The number of aryl methyl sites for hydroxylation is 3. The molecule has 3 rings (SSSR count). The Hall–Kier alpha value is -2.57. The lowest BCUT2D eigenvalue weighted by Gasteiger charge is -2.34. The van der Waals surface area contributed by atoms with E-state index < -0.39 is 0 Å². The fourth-order valence-corrected chi connectivity index (χ4v) is 3.80. The van der Waals surface area contributed by atoms with Crippen LogP contribution in [0.5, 0.6) is 11.5 Å². The zero-order valence-electron chi connectivity index (χ0n) is 18.7. The molecule has 0 saturated carbocycles. The van der Waals surface area contributed by atoms with E-state index in [4.69, 9.17) is 9.47 Å². The Morgan fingerprint density at radius 3 is 2.20 bits per heavy atom. The summed E-state index contributed by atoms with van der Waals surface area (Å²) < 4.78 is 10.8. The number of nitrogens with one attached hydrogen (secondary N) is 1. The number of piperazine rings is 1. The van der Waals surface area contributed by atoms with E-state index in [0.29, 0.717) is 6.54 Å². The van der Waals surface area contributed by atoms with Gasteiger partial charge in [0.1, 0.15) is 0 Å². The lowest BCUT2D eigenvalue weighted by atomic mass is 10.1. The molecule has 6 heteroatoms. The SMILES string of the molecule is COc1cc(C)c(CN2CCN(CC(=O)Nc3cc(C)ccc3C)CC2)cc1OC. The van der Waals surface area contributed by atoms with Crippen LogP contribution in [0.3, 0.4) is 0 Å². The predicted molar refractivity (Wildman–Crippen MR) is 121 cm³/mol. The number of rotatable bonds is 7. The topological polar surface area (TPSA) is 54.0 Å². The summed E-state index contributed by atoms with van der Waals surface area (Å²) in [6, 6.07) is 10.2. The van der Waals surface area contributed by atoms with Gasteiger partial charge in [-0.05, 0) is 61.2 Å². The van der Waals surface area contributed by atoms with Gasteiger partial charge in [0.25, 0.3) is 0 Å². The van der Waals surface area contributed by atoms with Crippen molar-refractivity contribution in [1.82, 2.24) is 9.80 Å². The summed E-state index contributed by atoms with van der Waals surface area (Å²) in [4.78, 5) is 17.1. The maximum absolute atomic E-state index is 12.5. The van der Waals surface area contributed by atoms with Crippen LogP contribution in [0.25, 0.3) is 0 Å². The lowest BCUT2D eigenvalue weighted by Crippen LogP contribution is -2.48. The van der Waals surface area contributed by atoms with Gasteiger partial charge < -0.3 is 14.8 Å². The summed E-state index contributed by atoms with van der Waals surface area (Å²) in [5, 5.41) is 3.06. The number of hydrogen-bond acceptors (Lipinski definition) is 5. The Morgan fingerprint density at radius 2 is 1.53 bits per heavy atom. The van der Waals surface area contributed by atoms with Crippen molar-refractivity contribution >= 4 is 11.6 Å². The minimum Gasteiger partial charge on any atom is -0.493 e. The maximum atomic E-state index is 12.5. The van der Waals surface area contributed by atoms with E-state index in [9.17, 15) is 4.79 Å². The van der Waals surface area contributed by atoms with Crippen LogP contribution in [-0.4, -0.2) is 62.7 Å². The molecule has 1 heterocycles. The summed E-state index contributed by atoms with van der Waals surface area (Å²) in [6.07, 6.45) is 0. The standard InChI is InChI=1S/C24H33N3O3/c1-17-6-7-18(2)21(12-17)25-24(28)16-27-10-8-26(9-11-27)15-20-14-23(30-5)22(29-4)13-19(20)3/h6-7,12-14H,8-11,15-16H2,1-5H3,(H,25,28). The van der Waals surface area contributed by atoms with Crippen molar-refractivity contribution in [3.8, 4) is 11.5 Å². The van der Waals surface area contributed by atoms with Crippen molar-refractivity contribution in [3.05, 3.63) is 52.6 Å². The zero-order chi connectivity index (χ0) is 21.7. The van der Waals surface area contributed by atoms with E-state index in [-0.39, 0.29) is 5.91 Å². The first-order valence-corrected chi connectivity index (χ1v) is 10.4. The molecule has 0 radical (unpaired) electrons. The number of amides is 1. The van der Waals surface area contributed by atoms with Crippen LogP contribution in [0, 0.1) is 20.8 Å². The molecule has 1 aliphatic heterocycles. The van der Waals surface area contributed by atoms with Gasteiger partial charge in [-0.25, -0.2) is 0 Å². The second-order valence-corrected chi connectivity index (χ2v) is 8.05. The van der Waals surface area contributed by atoms with E-state index in [1.54, 1.807) is 14.2 Å². The third kappa shape index (κ3) is 5.52. The molecule has 6 nitrogen and oxygen atoms in total. The fourth-order valence-electron chi connectivity index (χ4n) is 3.80. The molecule has 0 bridgehead atoms. The first-order chi connectivity index (χ1) is 14.4. The molecule has 1 N–H and O–H groups in total. The second kappa shape index (κ2) is 9.96. The molecule has 1 aliphatic rings. The Kier molecular flexibility index (Phi) is 7.34. The number of ether oxygens (including phenoxy) is 2. The molecular weight excluding hydrogens is 378 g/mol. The van der Waals surface area contributed by atoms with Gasteiger partial charge in [-0.2, -0.15) is 0 Å². The molecule has 2 aromatic carbocycles. The monoisotopic (exact) mass is 411 g/mol. The van der Waals surface area contributed by atoms with Crippen molar-refractivity contribution < 1.29 is 14.3 Å². The second-order valence-electron chi connectivity index (χ2n) is 8.05. The van der Waals surface area contributed by atoms with Crippen LogP contribution in [0.2, 0.25) is 0 Å². The number of carbonyl (C=O) groups excluding carboxylic acids is 1. The van der Waals surface area contributed by atoms with Gasteiger partial charge >= 0.3 is 0 Å². The summed E-state index contributed by atoms with van der Waals surface area (Å²) in [6.45, 7) is 11.1. The minimum absolute atomic E-state index is 0.0490. The Bertz CT molecular complexity index is 890. The molecule has 1 amide bonds. The van der Waals surface area contributed by atoms with Crippen molar-refractivity contribution in [3.63, 3.8) is 0 Å². The number of hydrogen-bond donors (Lipinski definition) is 1. The van der Waals surface area contributed by atoms with Gasteiger partial charge in [-0.3, -0.25) is 14.6 Å². The van der Waals surface area contributed by atoms with Crippen LogP contribution in [-0.2, 0) is 11.3 Å². The van der Waals surface area contributed by atoms with Crippen molar-refractivity contribution in [2.75, 3.05) is 52.3 Å².